The highest BCUT2D eigenvalue weighted by Gasteiger charge is 2.19. The molecule has 1 heteroatoms. The number of nitrogens with zero attached hydrogens (tertiary/aromatic N) is 1. The van der Waals surface area contributed by atoms with Crippen molar-refractivity contribution in [2.45, 2.75) is 41.5 Å². The lowest BCUT2D eigenvalue weighted by molar-refractivity contribution is 0.504. The highest BCUT2D eigenvalue weighted by atomic mass is 14.6. The highest BCUT2D eigenvalue weighted by Crippen LogP contribution is 2.30. The van der Waals surface area contributed by atoms with E-state index >= 15 is 0 Å². The summed E-state index contributed by atoms with van der Waals surface area (Å²) in [5, 5.41) is 0. The van der Waals surface area contributed by atoms with Crippen molar-refractivity contribution in [3.05, 3.63) is 23.8 Å². The Morgan fingerprint density at radius 3 is 1.73 bits per heavy atom. The molecule has 0 saturated heterocycles. The van der Waals surface area contributed by atoms with Gasteiger partial charge in [0.05, 0.1) is 0 Å². The third kappa shape index (κ3) is 4.96. The lowest BCUT2D eigenvalue weighted by atomic mass is 9.81. The molecule has 0 fully saturated rings. The van der Waals surface area contributed by atoms with Gasteiger partial charge in [-0.05, 0) is 22.0 Å². The van der Waals surface area contributed by atoms with E-state index in [2.05, 4.69) is 59.2 Å². The zero-order valence-electron chi connectivity index (χ0n) is 11.3. The normalized spacial score (nSPS) is 14.7. The minimum atomic E-state index is 0.119. The second-order valence-electron chi connectivity index (χ2n) is 6.01. The van der Waals surface area contributed by atoms with Crippen LogP contribution in [0.1, 0.15) is 41.5 Å². The van der Waals surface area contributed by atoms with Crippen LogP contribution in [0.5, 0.6) is 0 Å². The van der Waals surface area contributed by atoms with Crippen LogP contribution >= 0.6 is 0 Å². The van der Waals surface area contributed by atoms with Crippen LogP contribution in [-0.4, -0.2) is 13.3 Å². The molecular weight excluding hydrogens is 182 g/mol. The first-order valence-corrected chi connectivity index (χ1v) is 5.42. The third-order valence-electron chi connectivity index (χ3n) is 2.43. The SMILES string of the molecule is C=C(/C=C(\C=N/C)C(C)(C)C)C(C)(C)C. The Morgan fingerprint density at radius 2 is 1.47 bits per heavy atom. The van der Waals surface area contributed by atoms with Crippen molar-refractivity contribution in [3.63, 3.8) is 0 Å². The predicted molar refractivity (Wildman–Crippen MR) is 70.5 cm³/mol. The summed E-state index contributed by atoms with van der Waals surface area (Å²) in [5.74, 6) is 0. The molecule has 0 rings (SSSR count). The summed E-state index contributed by atoms with van der Waals surface area (Å²) in [6.45, 7) is 17.2. The van der Waals surface area contributed by atoms with E-state index in [1.807, 2.05) is 6.21 Å². The van der Waals surface area contributed by atoms with E-state index in [1.54, 1.807) is 7.05 Å². The topological polar surface area (TPSA) is 12.4 Å². The first-order valence-electron chi connectivity index (χ1n) is 5.42. The van der Waals surface area contributed by atoms with E-state index in [1.165, 1.54) is 5.57 Å². The summed E-state index contributed by atoms with van der Waals surface area (Å²) < 4.78 is 0. The molecule has 15 heavy (non-hydrogen) atoms. The lowest BCUT2D eigenvalue weighted by Gasteiger charge is -2.24. The van der Waals surface area contributed by atoms with E-state index in [0.717, 1.165) is 5.57 Å². The van der Waals surface area contributed by atoms with Crippen LogP contribution in [0.25, 0.3) is 0 Å². The fourth-order valence-corrected chi connectivity index (χ4v) is 0.991. The van der Waals surface area contributed by atoms with E-state index in [4.69, 9.17) is 0 Å². The zero-order chi connectivity index (χ0) is 12.3. The van der Waals surface area contributed by atoms with Gasteiger partial charge in [0.2, 0.25) is 0 Å². The van der Waals surface area contributed by atoms with Crippen molar-refractivity contribution in [1.29, 1.82) is 0 Å². The summed E-state index contributed by atoms with van der Waals surface area (Å²) in [4.78, 5) is 4.10. The third-order valence-corrected chi connectivity index (χ3v) is 2.43. The van der Waals surface area contributed by atoms with Crippen molar-refractivity contribution < 1.29 is 0 Å². The van der Waals surface area contributed by atoms with Gasteiger partial charge < -0.3 is 0 Å². The average molecular weight is 207 g/mol. The number of hydrogen-bond donors (Lipinski definition) is 0. The summed E-state index contributed by atoms with van der Waals surface area (Å²) in [7, 11) is 1.80. The van der Waals surface area contributed by atoms with E-state index in [-0.39, 0.29) is 10.8 Å². The Morgan fingerprint density at radius 1 is 1.00 bits per heavy atom. The Hall–Kier alpha value is -0.850. The van der Waals surface area contributed by atoms with E-state index < -0.39 is 0 Å². The number of aliphatic imine (C=N–C) groups is 1. The Balaban J connectivity index is 5.12. The first-order chi connectivity index (χ1) is 6.59. The summed E-state index contributed by atoms with van der Waals surface area (Å²) in [6.07, 6.45) is 4.09. The van der Waals surface area contributed by atoms with Crippen LogP contribution in [0.4, 0.5) is 0 Å². The van der Waals surface area contributed by atoms with Gasteiger partial charge in [0.25, 0.3) is 0 Å². The van der Waals surface area contributed by atoms with Gasteiger partial charge in [0, 0.05) is 13.3 Å². The molecule has 0 aliphatic heterocycles. The smallest absolute Gasteiger partial charge is 0.0277 e. The Kier molecular flexibility index (Phi) is 4.51. The van der Waals surface area contributed by atoms with Gasteiger partial charge >= 0.3 is 0 Å². The van der Waals surface area contributed by atoms with Crippen molar-refractivity contribution in [3.8, 4) is 0 Å². The molecule has 0 aliphatic rings. The maximum absolute atomic E-state index is 4.12. The molecule has 0 spiro atoms. The number of rotatable bonds is 2. The van der Waals surface area contributed by atoms with Crippen LogP contribution in [0, 0.1) is 10.8 Å². The van der Waals surface area contributed by atoms with Gasteiger partial charge in [0.15, 0.2) is 0 Å². The molecule has 0 bridgehead atoms. The Labute approximate surface area is 95.0 Å². The van der Waals surface area contributed by atoms with Gasteiger partial charge in [-0.25, -0.2) is 0 Å². The van der Waals surface area contributed by atoms with Crippen LogP contribution in [0.15, 0.2) is 28.8 Å². The number of hydrogen-bond acceptors (Lipinski definition) is 1. The van der Waals surface area contributed by atoms with Gasteiger partial charge in [-0.3, -0.25) is 4.99 Å². The van der Waals surface area contributed by atoms with Gasteiger partial charge in [0.1, 0.15) is 0 Å². The molecule has 0 atom stereocenters. The number of allylic oxidation sites excluding steroid dienone is 3. The van der Waals surface area contributed by atoms with Gasteiger partial charge in [-0.2, -0.15) is 0 Å². The second-order valence-corrected chi connectivity index (χ2v) is 6.01. The molecule has 0 aromatic heterocycles. The molecule has 0 aromatic carbocycles. The van der Waals surface area contributed by atoms with Crippen LogP contribution in [-0.2, 0) is 0 Å². The fraction of sp³-hybridized carbons (Fsp3) is 0.643. The molecule has 86 valence electrons. The van der Waals surface area contributed by atoms with Crippen LogP contribution in [0.2, 0.25) is 0 Å². The molecule has 0 amide bonds. The first kappa shape index (κ1) is 14.2. The minimum absolute atomic E-state index is 0.119. The molecule has 0 aromatic rings. The average Bonchev–Trinajstić information content (AvgIpc) is 1.99. The maximum atomic E-state index is 4.12. The van der Waals surface area contributed by atoms with Gasteiger partial charge in [-0.15, -0.1) is 0 Å². The minimum Gasteiger partial charge on any atom is -0.296 e. The molecule has 0 radical (unpaired) electrons. The zero-order valence-corrected chi connectivity index (χ0v) is 11.3. The van der Waals surface area contributed by atoms with Crippen molar-refractivity contribution >= 4 is 6.21 Å². The standard InChI is InChI=1S/C14H25N/c1-11(13(2,3)4)9-12(10-15-8)14(5,6)7/h9-10H,1H2,2-8H3/b12-9+,15-10-. The van der Waals surface area contributed by atoms with Crippen molar-refractivity contribution in [2.75, 3.05) is 7.05 Å². The molecule has 0 aliphatic carbocycles. The highest BCUT2D eigenvalue weighted by molar-refractivity contribution is 5.80. The Bertz CT molecular complexity index is 279. The predicted octanol–water partition coefficient (Wildman–Crippen LogP) is 4.26. The monoisotopic (exact) mass is 207 g/mol. The molecule has 0 unspecified atom stereocenters. The summed E-state index contributed by atoms with van der Waals surface area (Å²) in [5.41, 5.74) is 2.61. The summed E-state index contributed by atoms with van der Waals surface area (Å²) >= 11 is 0. The quantitative estimate of drug-likeness (QED) is 0.474. The largest absolute Gasteiger partial charge is 0.296 e. The molecule has 0 N–H and O–H groups in total. The van der Waals surface area contributed by atoms with Crippen molar-refractivity contribution in [2.24, 2.45) is 15.8 Å². The lowest BCUT2D eigenvalue weighted by Crippen LogP contribution is -2.14. The summed E-state index contributed by atoms with van der Waals surface area (Å²) in [6, 6.07) is 0. The second kappa shape index (κ2) is 4.78. The molecule has 0 saturated carbocycles. The van der Waals surface area contributed by atoms with Crippen LogP contribution < -0.4 is 0 Å². The molecule has 1 nitrogen and oxygen atoms in total. The van der Waals surface area contributed by atoms with Gasteiger partial charge in [-0.1, -0.05) is 54.2 Å². The van der Waals surface area contributed by atoms with Crippen molar-refractivity contribution in [1.82, 2.24) is 0 Å². The van der Waals surface area contributed by atoms with E-state index in [9.17, 15) is 0 Å². The molecule has 0 heterocycles. The van der Waals surface area contributed by atoms with E-state index in [0.29, 0.717) is 0 Å². The fourth-order valence-electron chi connectivity index (χ4n) is 0.991. The van der Waals surface area contributed by atoms with Crippen LogP contribution in [0.3, 0.4) is 0 Å². The molecular formula is C14H25N. The maximum Gasteiger partial charge on any atom is 0.0277 e.